The number of H-pyrrole nitrogens is 2. The number of imidazole rings is 1. The molecule has 3 aromatic heterocycles. The number of tetrazole rings is 1. The Kier molecular flexibility index (Phi) is 8.36. The summed E-state index contributed by atoms with van der Waals surface area (Å²) in [5, 5.41) is 24.5. The molecule has 0 saturated heterocycles. The van der Waals surface area contributed by atoms with Crippen molar-refractivity contribution in [3.63, 3.8) is 0 Å². The monoisotopic (exact) mass is 592 g/mol. The van der Waals surface area contributed by atoms with Crippen molar-refractivity contribution in [2.45, 2.75) is 12.5 Å². The molecule has 5 rings (SSSR count). The number of hydrogen-bond donors (Lipinski definition) is 4. The number of hydrogen-bond acceptors (Lipinski definition) is 8. The number of nitrogens with one attached hydrogen (secondary N) is 4. The SMILES string of the molecule is COC(=O)Nc1ccc(-c2nc(C(Cc3ccn[nH]3)NC(=O)C=Cc3cc(Cl)ccc3-n3cnnn3)[nH]c2Cl)cc1. The molecule has 0 saturated carbocycles. The van der Waals surface area contributed by atoms with Gasteiger partial charge < -0.3 is 15.0 Å². The third-order valence-corrected chi connectivity index (χ3v) is 6.41. The van der Waals surface area contributed by atoms with Gasteiger partial charge in [0.05, 0.1) is 18.8 Å². The predicted molar refractivity (Wildman–Crippen MR) is 151 cm³/mol. The third-order valence-electron chi connectivity index (χ3n) is 5.90. The molecule has 15 heteroatoms. The first-order chi connectivity index (χ1) is 19.9. The highest BCUT2D eigenvalue weighted by Gasteiger charge is 2.21. The molecule has 208 valence electrons. The van der Waals surface area contributed by atoms with Gasteiger partial charge in [-0.25, -0.2) is 9.78 Å². The van der Waals surface area contributed by atoms with E-state index in [1.54, 1.807) is 60.8 Å². The number of nitrogens with zero attached hydrogens (tertiary/aromatic N) is 6. The maximum Gasteiger partial charge on any atom is 0.411 e. The Morgan fingerprint density at radius 3 is 2.68 bits per heavy atom. The number of carbonyl (C=O) groups excluding carboxylic acids is 2. The molecular formula is C26H22Cl2N10O3. The average Bonchev–Trinajstić information content (AvgIpc) is 3.75. The number of amides is 2. The van der Waals surface area contributed by atoms with Crippen LogP contribution in [0.5, 0.6) is 0 Å². The summed E-state index contributed by atoms with van der Waals surface area (Å²) in [7, 11) is 1.29. The Morgan fingerprint density at radius 2 is 1.98 bits per heavy atom. The molecule has 1 atom stereocenters. The Morgan fingerprint density at radius 1 is 1.15 bits per heavy atom. The van der Waals surface area contributed by atoms with E-state index in [0.717, 1.165) is 5.69 Å². The summed E-state index contributed by atoms with van der Waals surface area (Å²) in [6.45, 7) is 0. The van der Waals surface area contributed by atoms with Gasteiger partial charge in [-0.15, -0.1) is 5.10 Å². The van der Waals surface area contributed by atoms with E-state index < -0.39 is 12.1 Å². The number of anilines is 1. The third kappa shape index (κ3) is 6.77. The minimum absolute atomic E-state index is 0.290. The van der Waals surface area contributed by atoms with Crippen molar-refractivity contribution >= 4 is 47.0 Å². The summed E-state index contributed by atoms with van der Waals surface area (Å²) < 4.78 is 6.08. The molecule has 0 bridgehead atoms. The summed E-state index contributed by atoms with van der Waals surface area (Å²) in [5.74, 6) is 0.0553. The second-order valence-electron chi connectivity index (χ2n) is 8.62. The highest BCUT2D eigenvalue weighted by atomic mass is 35.5. The Labute approximate surface area is 242 Å². The van der Waals surface area contributed by atoms with E-state index in [9.17, 15) is 9.59 Å². The molecule has 0 aliphatic rings. The largest absolute Gasteiger partial charge is 0.453 e. The number of benzene rings is 2. The normalized spacial score (nSPS) is 11.9. The van der Waals surface area contributed by atoms with Crippen LogP contribution in [0.2, 0.25) is 10.2 Å². The summed E-state index contributed by atoms with van der Waals surface area (Å²) in [6, 6.07) is 13.3. The molecule has 0 fully saturated rings. The van der Waals surface area contributed by atoms with E-state index >= 15 is 0 Å². The zero-order valence-electron chi connectivity index (χ0n) is 21.4. The van der Waals surface area contributed by atoms with Crippen LogP contribution in [-0.2, 0) is 16.0 Å². The fourth-order valence-electron chi connectivity index (χ4n) is 3.96. The zero-order valence-corrected chi connectivity index (χ0v) is 22.9. The summed E-state index contributed by atoms with van der Waals surface area (Å²) in [5.41, 5.74) is 3.80. The van der Waals surface area contributed by atoms with Crippen LogP contribution >= 0.6 is 23.2 Å². The van der Waals surface area contributed by atoms with Crippen molar-refractivity contribution in [3.05, 3.63) is 94.4 Å². The van der Waals surface area contributed by atoms with Crippen LogP contribution in [-0.4, -0.2) is 59.5 Å². The standard InChI is InChI=1S/C26H22Cl2N10O3/c1-41-26(40)31-18-6-2-15(3-7-18)23-24(28)34-25(33-23)20(13-19-10-11-29-35-19)32-22(39)9-4-16-12-17(27)5-8-21(16)38-14-30-36-37-38/h2-12,14,20H,13H2,1H3,(H,29,35)(H,31,40)(H,32,39)(H,33,34). The molecule has 0 spiro atoms. The van der Waals surface area contributed by atoms with Crippen LogP contribution in [0.15, 0.2) is 67.1 Å². The van der Waals surface area contributed by atoms with Crippen LogP contribution in [0.3, 0.4) is 0 Å². The van der Waals surface area contributed by atoms with E-state index in [2.05, 4.69) is 51.1 Å². The van der Waals surface area contributed by atoms with Gasteiger partial charge >= 0.3 is 6.09 Å². The van der Waals surface area contributed by atoms with E-state index in [1.165, 1.54) is 24.2 Å². The summed E-state index contributed by atoms with van der Waals surface area (Å²) >= 11 is 12.7. The van der Waals surface area contributed by atoms with Gasteiger partial charge in [-0.3, -0.25) is 15.2 Å². The number of methoxy groups -OCH3 is 1. The first-order valence-electron chi connectivity index (χ1n) is 12.1. The van der Waals surface area contributed by atoms with E-state index in [4.69, 9.17) is 23.2 Å². The van der Waals surface area contributed by atoms with Gasteiger partial charge in [0.1, 0.15) is 23.0 Å². The van der Waals surface area contributed by atoms with Gasteiger partial charge in [-0.1, -0.05) is 35.3 Å². The fourth-order valence-corrected chi connectivity index (χ4v) is 4.39. The van der Waals surface area contributed by atoms with E-state index in [0.29, 0.717) is 45.5 Å². The lowest BCUT2D eigenvalue weighted by Crippen LogP contribution is -2.29. The van der Waals surface area contributed by atoms with Gasteiger partial charge in [0.15, 0.2) is 0 Å². The van der Waals surface area contributed by atoms with Gasteiger partial charge in [0, 0.05) is 46.2 Å². The molecule has 3 heterocycles. The minimum Gasteiger partial charge on any atom is -0.453 e. The Balaban J connectivity index is 1.38. The highest BCUT2D eigenvalue weighted by molar-refractivity contribution is 6.32. The first-order valence-corrected chi connectivity index (χ1v) is 12.9. The lowest BCUT2D eigenvalue weighted by molar-refractivity contribution is -0.117. The van der Waals surface area contributed by atoms with Gasteiger partial charge in [-0.05, 0) is 52.9 Å². The van der Waals surface area contributed by atoms with Crippen molar-refractivity contribution in [1.82, 2.24) is 45.7 Å². The van der Waals surface area contributed by atoms with Crippen LogP contribution in [0.1, 0.15) is 23.1 Å². The van der Waals surface area contributed by atoms with Crippen molar-refractivity contribution in [2.75, 3.05) is 12.4 Å². The molecule has 4 N–H and O–H groups in total. The predicted octanol–water partition coefficient (Wildman–Crippen LogP) is 4.37. The Bertz CT molecular complexity index is 1670. The molecule has 1 unspecified atom stereocenters. The fraction of sp³-hybridized carbons (Fsp3) is 0.115. The Hall–Kier alpha value is -5.01. The molecular weight excluding hydrogens is 571 g/mol. The number of ether oxygens (including phenoxy) is 1. The van der Waals surface area contributed by atoms with Crippen molar-refractivity contribution in [3.8, 4) is 16.9 Å². The second-order valence-corrected chi connectivity index (χ2v) is 9.43. The van der Waals surface area contributed by atoms with E-state index in [1.807, 2.05) is 0 Å². The number of rotatable bonds is 9. The lowest BCUT2D eigenvalue weighted by Gasteiger charge is -2.15. The van der Waals surface area contributed by atoms with Crippen molar-refractivity contribution in [2.24, 2.45) is 0 Å². The minimum atomic E-state index is -0.586. The van der Waals surface area contributed by atoms with E-state index in [-0.39, 0.29) is 11.1 Å². The van der Waals surface area contributed by atoms with Gasteiger partial charge in [0.25, 0.3) is 0 Å². The molecule has 2 amide bonds. The number of aromatic amines is 2. The topological polar surface area (TPSA) is 168 Å². The zero-order chi connectivity index (χ0) is 28.8. The smallest absolute Gasteiger partial charge is 0.411 e. The van der Waals surface area contributed by atoms with Crippen LogP contribution in [0.4, 0.5) is 10.5 Å². The number of halogens is 2. The molecule has 2 aromatic carbocycles. The first kappa shape index (κ1) is 27.6. The lowest BCUT2D eigenvalue weighted by atomic mass is 10.1. The number of carbonyl (C=O) groups is 2. The quantitative estimate of drug-likeness (QED) is 0.183. The molecule has 5 aromatic rings. The second kappa shape index (κ2) is 12.4. The average molecular weight is 593 g/mol. The molecule has 41 heavy (non-hydrogen) atoms. The molecule has 13 nitrogen and oxygen atoms in total. The maximum atomic E-state index is 13.1. The van der Waals surface area contributed by atoms with Gasteiger partial charge in [0.2, 0.25) is 5.91 Å². The number of aromatic nitrogens is 8. The molecule has 0 aliphatic heterocycles. The van der Waals surface area contributed by atoms with Crippen LogP contribution in [0.25, 0.3) is 23.0 Å². The highest BCUT2D eigenvalue weighted by Crippen LogP contribution is 2.29. The summed E-state index contributed by atoms with van der Waals surface area (Å²) in [6.07, 6.45) is 5.86. The van der Waals surface area contributed by atoms with Crippen LogP contribution < -0.4 is 10.6 Å². The van der Waals surface area contributed by atoms with Crippen molar-refractivity contribution in [1.29, 1.82) is 0 Å². The van der Waals surface area contributed by atoms with Crippen LogP contribution in [0, 0.1) is 0 Å². The molecule has 0 aliphatic carbocycles. The van der Waals surface area contributed by atoms with Gasteiger partial charge in [-0.2, -0.15) is 9.78 Å². The maximum absolute atomic E-state index is 13.1. The summed E-state index contributed by atoms with van der Waals surface area (Å²) in [4.78, 5) is 32.3. The molecule has 0 radical (unpaired) electrons. The van der Waals surface area contributed by atoms with Crippen molar-refractivity contribution < 1.29 is 14.3 Å².